The van der Waals surface area contributed by atoms with E-state index in [2.05, 4.69) is 20.2 Å². The van der Waals surface area contributed by atoms with Gasteiger partial charge in [0.1, 0.15) is 5.01 Å². The van der Waals surface area contributed by atoms with Crippen molar-refractivity contribution >= 4 is 11.3 Å². The molecule has 4 rings (SSSR count). The predicted molar refractivity (Wildman–Crippen MR) is 88.7 cm³/mol. The molecule has 6 heteroatoms. The zero-order valence-electron chi connectivity index (χ0n) is 13.3. The van der Waals surface area contributed by atoms with Crippen molar-refractivity contribution in [1.82, 2.24) is 14.9 Å². The van der Waals surface area contributed by atoms with Crippen molar-refractivity contribution in [3.8, 4) is 5.88 Å². The number of rotatable bonds is 5. The number of ether oxygens (including phenoxy) is 2. The number of thiazole rings is 1. The largest absolute Gasteiger partial charge is 0.477 e. The molecule has 2 saturated heterocycles. The summed E-state index contributed by atoms with van der Waals surface area (Å²) in [6.07, 6.45) is 2.83. The Morgan fingerprint density at radius 2 is 2.35 bits per heavy atom. The third kappa shape index (κ3) is 3.11. The fourth-order valence-electron chi connectivity index (χ4n) is 3.48. The maximum atomic E-state index is 6.09. The fraction of sp³-hybridized carbons (Fsp3) is 0.529. The second kappa shape index (κ2) is 6.19. The first kappa shape index (κ1) is 15.1. The molecule has 1 unspecified atom stereocenters. The first-order chi connectivity index (χ1) is 11.2. The summed E-state index contributed by atoms with van der Waals surface area (Å²) >= 11 is 1.74. The predicted octanol–water partition coefficient (Wildman–Crippen LogP) is 2.52. The summed E-state index contributed by atoms with van der Waals surface area (Å²) in [7, 11) is 0. The summed E-state index contributed by atoms with van der Waals surface area (Å²) in [4.78, 5) is 11.2. The second-order valence-electron chi connectivity index (χ2n) is 6.41. The van der Waals surface area contributed by atoms with Gasteiger partial charge in [0.15, 0.2) is 0 Å². The van der Waals surface area contributed by atoms with Gasteiger partial charge in [-0.05, 0) is 19.4 Å². The van der Waals surface area contributed by atoms with Crippen LogP contribution in [0.1, 0.15) is 17.1 Å². The number of hydrogen-bond acceptors (Lipinski definition) is 6. The van der Waals surface area contributed by atoms with Crippen LogP contribution in [0.25, 0.3) is 0 Å². The number of pyridine rings is 1. The van der Waals surface area contributed by atoms with Gasteiger partial charge in [0, 0.05) is 49.0 Å². The summed E-state index contributed by atoms with van der Waals surface area (Å²) in [5.74, 6) is 1.14. The number of nitrogens with zero attached hydrogens (tertiary/aromatic N) is 3. The highest BCUT2D eigenvalue weighted by atomic mass is 32.1. The number of hydrogen-bond donors (Lipinski definition) is 0. The van der Waals surface area contributed by atoms with Gasteiger partial charge in [-0.1, -0.05) is 6.07 Å². The SMILES string of the molecule is Cc1csc(CN2CC3(C2)OCCC3COc2ccccn2)n1. The molecule has 0 aromatic carbocycles. The summed E-state index contributed by atoms with van der Waals surface area (Å²) in [6, 6.07) is 5.75. The molecule has 1 atom stereocenters. The van der Waals surface area contributed by atoms with Gasteiger partial charge in [0.2, 0.25) is 5.88 Å². The maximum absolute atomic E-state index is 6.09. The van der Waals surface area contributed by atoms with E-state index >= 15 is 0 Å². The minimum absolute atomic E-state index is 0.0267. The van der Waals surface area contributed by atoms with E-state index in [0.29, 0.717) is 18.4 Å². The molecule has 4 heterocycles. The molecule has 2 fully saturated rings. The molecule has 0 bridgehead atoms. The average Bonchev–Trinajstić information content (AvgIpc) is 3.12. The molecule has 1 spiro atoms. The topological polar surface area (TPSA) is 47.5 Å². The monoisotopic (exact) mass is 331 g/mol. The van der Waals surface area contributed by atoms with Crippen LogP contribution in [-0.4, -0.2) is 46.8 Å². The van der Waals surface area contributed by atoms with Crippen LogP contribution in [0.15, 0.2) is 29.8 Å². The van der Waals surface area contributed by atoms with Crippen molar-refractivity contribution in [2.24, 2.45) is 5.92 Å². The lowest BCUT2D eigenvalue weighted by Gasteiger charge is -2.49. The molecule has 0 N–H and O–H groups in total. The van der Waals surface area contributed by atoms with E-state index in [4.69, 9.17) is 9.47 Å². The molecule has 2 aliphatic rings. The molecule has 0 amide bonds. The van der Waals surface area contributed by atoms with Gasteiger partial charge in [-0.3, -0.25) is 4.90 Å². The Hall–Kier alpha value is -1.50. The first-order valence-electron chi connectivity index (χ1n) is 8.05. The summed E-state index contributed by atoms with van der Waals surface area (Å²) < 4.78 is 11.9. The van der Waals surface area contributed by atoms with Crippen molar-refractivity contribution in [3.63, 3.8) is 0 Å². The molecule has 2 aromatic heterocycles. The molecule has 23 heavy (non-hydrogen) atoms. The zero-order chi connectivity index (χ0) is 15.7. The quantitative estimate of drug-likeness (QED) is 0.842. The third-order valence-corrected chi connectivity index (χ3v) is 5.63. The minimum atomic E-state index is -0.0267. The number of aryl methyl sites for hydroxylation is 1. The highest BCUT2D eigenvalue weighted by Gasteiger charge is 2.53. The Kier molecular flexibility index (Phi) is 4.05. The number of likely N-dealkylation sites (tertiary alicyclic amines) is 1. The van der Waals surface area contributed by atoms with Gasteiger partial charge in [0.05, 0.1) is 18.8 Å². The molecular formula is C17H21N3O2S. The van der Waals surface area contributed by atoms with Crippen LogP contribution in [-0.2, 0) is 11.3 Å². The lowest BCUT2D eigenvalue weighted by atomic mass is 9.81. The Morgan fingerprint density at radius 1 is 1.43 bits per heavy atom. The van der Waals surface area contributed by atoms with E-state index < -0.39 is 0 Å². The minimum Gasteiger partial charge on any atom is -0.477 e. The van der Waals surface area contributed by atoms with Gasteiger partial charge < -0.3 is 9.47 Å². The number of aromatic nitrogens is 2. The molecule has 122 valence electrons. The Balaban J connectivity index is 1.32. The maximum Gasteiger partial charge on any atom is 0.213 e. The lowest BCUT2D eigenvalue weighted by Crippen LogP contribution is -2.64. The van der Waals surface area contributed by atoms with Gasteiger partial charge in [0.25, 0.3) is 0 Å². The van der Waals surface area contributed by atoms with Crippen molar-refractivity contribution in [2.75, 3.05) is 26.3 Å². The standard InChI is InChI=1S/C17H21N3O2S/c1-13-10-23-16(19-13)8-20-11-17(12-20)14(5-7-22-17)9-21-15-4-2-3-6-18-15/h2-4,6,10,14H,5,7-9,11-12H2,1H3. The Morgan fingerprint density at radius 3 is 3.09 bits per heavy atom. The van der Waals surface area contributed by atoms with Crippen molar-refractivity contribution < 1.29 is 9.47 Å². The molecule has 0 radical (unpaired) electrons. The average molecular weight is 331 g/mol. The van der Waals surface area contributed by atoms with E-state index in [1.165, 1.54) is 5.01 Å². The summed E-state index contributed by atoms with van der Waals surface area (Å²) in [6.45, 7) is 6.44. The third-order valence-electron chi connectivity index (χ3n) is 4.68. The van der Waals surface area contributed by atoms with Gasteiger partial charge in [-0.15, -0.1) is 11.3 Å². The Bertz CT molecular complexity index is 655. The van der Waals surface area contributed by atoms with Gasteiger partial charge in [-0.2, -0.15) is 0 Å². The van der Waals surface area contributed by atoms with Crippen LogP contribution < -0.4 is 4.74 Å². The van der Waals surface area contributed by atoms with Crippen LogP contribution in [0.2, 0.25) is 0 Å². The van der Waals surface area contributed by atoms with Crippen molar-refractivity contribution in [1.29, 1.82) is 0 Å². The molecule has 2 aromatic rings. The second-order valence-corrected chi connectivity index (χ2v) is 7.35. The highest BCUT2D eigenvalue weighted by molar-refractivity contribution is 7.09. The van der Waals surface area contributed by atoms with E-state index in [0.717, 1.165) is 38.4 Å². The smallest absolute Gasteiger partial charge is 0.213 e. The van der Waals surface area contributed by atoms with E-state index in [1.54, 1.807) is 17.5 Å². The zero-order valence-corrected chi connectivity index (χ0v) is 14.1. The Labute approximate surface area is 140 Å². The molecule has 2 aliphatic heterocycles. The lowest BCUT2D eigenvalue weighted by molar-refractivity contribution is -0.140. The summed E-state index contributed by atoms with van der Waals surface area (Å²) in [5, 5.41) is 3.30. The van der Waals surface area contributed by atoms with Crippen LogP contribution in [0.3, 0.4) is 0 Å². The van der Waals surface area contributed by atoms with Gasteiger partial charge >= 0.3 is 0 Å². The highest BCUT2D eigenvalue weighted by Crippen LogP contribution is 2.40. The van der Waals surface area contributed by atoms with E-state index in [-0.39, 0.29) is 5.60 Å². The molecule has 0 saturated carbocycles. The van der Waals surface area contributed by atoms with Crippen LogP contribution in [0.5, 0.6) is 5.88 Å². The molecule has 0 aliphatic carbocycles. The normalized spacial score (nSPS) is 23.1. The fourth-order valence-corrected chi connectivity index (χ4v) is 4.29. The van der Waals surface area contributed by atoms with E-state index in [1.807, 2.05) is 25.1 Å². The van der Waals surface area contributed by atoms with Crippen LogP contribution >= 0.6 is 11.3 Å². The summed E-state index contributed by atoms with van der Waals surface area (Å²) in [5.41, 5.74) is 1.08. The first-order valence-corrected chi connectivity index (χ1v) is 8.93. The van der Waals surface area contributed by atoms with Crippen molar-refractivity contribution in [2.45, 2.75) is 25.5 Å². The van der Waals surface area contributed by atoms with Crippen LogP contribution in [0, 0.1) is 12.8 Å². The molecular weight excluding hydrogens is 310 g/mol. The van der Waals surface area contributed by atoms with Gasteiger partial charge in [-0.25, -0.2) is 9.97 Å². The van der Waals surface area contributed by atoms with Crippen LogP contribution in [0.4, 0.5) is 0 Å². The van der Waals surface area contributed by atoms with Crippen molar-refractivity contribution in [3.05, 3.63) is 40.5 Å². The van der Waals surface area contributed by atoms with E-state index in [9.17, 15) is 0 Å². The molecule has 5 nitrogen and oxygen atoms in total.